The van der Waals surface area contributed by atoms with Crippen molar-refractivity contribution in [1.82, 2.24) is 14.8 Å². The lowest BCUT2D eigenvalue weighted by molar-refractivity contribution is -0.118. The van der Waals surface area contributed by atoms with Crippen molar-refractivity contribution in [3.8, 4) is 0 Å². The van der Waals surface area contributed by atoms with Gasteiger partial charge in [0.15, 0.2) is 0 Å². The molecule has 1 aliphatic heterocycles. The predicted molar refractivity (Wildman–Crippen MR) is 122 cm³/mol. The molecule has 0 bridgehead atoms. The topological polar surface area (TPSA) is 54.3 Å². The number of nitrogens with zero attached hydrogens (tertiary/aromatic N) is 2. The first-order valence-corrected chi connectivity index (χ1v) is 11.7. The molecule has 1 saturated heterocycles. The van der Waals surface area contributed by atoms with E-state index in [0.29, 0.717) is 18.8 Å². The molecule has 0 spiro atoms. The van der Waals surface area contributed by atoms with Crippen LogP contribution in [-0.2, 0) is 11.3 Å². The first-order valence-electron chi connectivity index (χ1n) is 10.7. The van der Waals surface area contributed by atoms with Gasteiger partial charge in [-0.05, 0) is 44.2 Å². The van der Waals surface area contributed by atoms with Crippen LogP contribution in [0.1, 0.15) is 33.6 Å². The summed E-state index contributed by atoms with van der Waals surface area (Å²) < 4.78 is 1.77. The van der Waals surface area contributed by atoms with Crippen molar-refractivity contribution in [3.63, 3.8) is 0 Å². The second-order valence-electron chi connectivity index (χ2n) is 8.31. The molecule has 158 valence electrons. The Hall–Kier alpha value is -1.79. The number of pyridine rings is 1. The van der Waals surface area contributed by atoms with Crippen LogP contribution in [0.3, 0.4) is 0 Å². The highest BCUT2D eigenvalue weighted by molar-refractivity contribution is 8.00. The molecule has 1 amide bonds. The molecule has 1 aromatic heterocycles. The third kappa shape index (κ3) is 5.86. The second-order valence-corrected chi connectivity index (χ2v) is 9.32. The molecule has 1 N–H and O–H groups in total. The smallest absolute Gasteiger partial charge is 0.252 e. The van der Waals surface area contributed by atoms with Gasteiger partial charge in [-0.1, -0.05) is 32.0 Å². The van der Waals surface area contributed by atoms with E-state index in [1.165, 1.54) is 31.3 Å². The number of thioether (sulfide) groups is 1. The molecule has 0 aliphatic carbocycles. The third-order valence-corrected chi connectivity index (χ3v) is 6.63. The Morgan fingerprint density at radius 2 is 1.93 bits per heavy atom. The number of fused-ring (bicyclic) bond motifs is 1. The number of para-hydroxylation sites is 1. The van der Waals surface area contributed by atoms with Crippen LogP contribution in [0.2, 0.25) is 0 Å². The zero-order chi connectivity index (χ0) is 20.8. The van der Waals surface area contributed by atoms with Crippen molar-refractivity contribution in [2.45, 2.75) is 45.1 Å². The maximum atomic E-state index is 12.4. The van der Waals surface area contributed by atoms with Crippen LogP contribution >= 0.6 is 11.8 Å². The summed E-state index contributed by atoms with van der Waals surface area (Å²) in [6, 6.07) is 9.55. The fourth-order valence-corrected chi connectivity index (χ4v) is 5.35. The Bertz CT molecular complexity index is 885. The zero-order valence-corrected chi connectivity index (χ0v) is 18.6. The van der Waals surface area contributed by atoms with Crippen LogP contribution in [0.4, 0.5) is 0 Å². The van der Waals surface area contributed by atoms with Gasteiger partial charge in [0.05, 0.1) is 11.3 Å². The van der Waals surface area contributed by atoms with Crippen molar-refractivity contribution in [2.75, 3.05) is 31.9 Å². The average Bonchev–Trinajstić information content (AvgIpc) is 2.69. The minimum atomic E-state index is -0.0147. The molecule has 1 aliphatic rings. The number of nitrogens with one attached hydrogen (secondary N) is 1. The van der Waals surface area contributed by atoms with Gasteiger partial charge in [-0.15, -0.1) is 11.8 Å². The maximum Gasteiger partial charge on any atom is 0.252 e. The molecule has 2 aromatic rings. The van der Waals surface area contributed by atoms with E-state index in [9.17, 15) is 9.59 Å². The van der Waals surface area contributed by atoms with Gasteiger partial charge in [-0.3, -0.25) is 9.59 Å². The zero-order valence-electron chi connectivity index (χ0n) is 17.8. The number of likely N-dealkylation sites (tertiary alicyclic amines) is 1. The predicted octanol–water partition coefficient (Wildman–Crippen LogP) is 3.60. The summed E-state index contributed by atoms with van der Waals surface area (Å²) in [4.78, 5) is 28.1. The number of carbonyl (C=O) groups excluding carboxylic acids is 1. The fourth-order valence-electron chi connectivity index (χ4n) is 4.45. The highest BCUT2D eigenvalue weighted by Gasteiger charge is 2.21. The Morgan fingerprint density at radius 3 is 2.66 bits per heavy atom. The molecule has 1 aromatic carbocycles. The first kappa shape index (κ1) is 21.9. The molecular weight excluding hydrogens is 382 g/mol. The van der Waals surface area contributed by atoms with Gasteiger partial charge in [0.1, 0.15) is 0 Å². The quantitative estimate of drug-likeness (QED) is 0.529. The number of amides is 1. The van der Waals surface area contributed by atoms with Crippen LogP contribution < -0.4 is 10.9 Å². The van der Waals surface area contributed by atoms with Gasteiger partial charge in [-0.25, -0.2) is 0 Å². The van der Waals surface area contributed by atoms with Gasteiger partial charge in [-0.2, -0.15) is 0 Å². The number of carbonyl (C=O) groups is 1. The lowest BCUT2D eigenvalue weighted by Gasteiger charge is -2.34. The monoisotopic (exact) mass is 415 g/mol. The third-order valence-electron chi connectivity index (χ3n) is 5.57. The largest absolute Gasteiger partial charge is 0.355 e. The fraction of sp³-hybridized carbons (Fsp3) is 0.565. The van der Waals surface area contributed by atoms with Gasteiger partial charge in [0.25, 0.3) is 5.56 Å². The molecule has 2 heterocycles. The lowest BCUT2D eigenvalue weighted by atomic mass is 9.92. The molecule has 1 fully saturated rings. The van der Waals surface area contributed by atoms with E-state index in [1.807, 2.05) is 31.2 Å². The SMILES string of the molecule is CCn1c(=O)cc(SCC(=O)NCCCN2CC(C)CC(C)C2)c2ccccc21. The normalized spacial score (nSPS) is 20.1. The molecule has 2 atom stereocenters. The Morgan fingerprint density at radius 1 is 1.21 bits per heavy atom. The molecular formula is C23H33N3O2S. The highest BCUT2D eigenvalue weighted by Crippen LogP contribution is 2.26. The summed E-state index contributed by atoms with van der Waals surface area (Å²) in [6.07, 6.45) is 2.30. The summed E-state index contributed by atoms with van der Waals surface area (Å²) in [6.45, 7) is 11.3. The number of aryl methyl sites for hydroxylation is 1. The van der Waals surface area contributed by atoms with Crippen LogP contribution in [0.5, 0.6) is 0 Å². The molecule has 6 heteroatoms. The summed E-state index contributed by atoms with van der Waals surface area (Å²) in [5.74, 6) is 1.89. The first-order chi connectivity index (χ1) is 14.0. The summed E-state index contributed by atoms with van der Waals surface area (Å²) >= 11 is 1.44. The van der Waals surface area contributed by atoms with Crippen LogP contribution in [-0.4, -0.2) is 47.3 Å². The Balaban J connectivity index is 1.48. The van der Waals surface area contributed by atoms with E-state index in [4.69, 9.17) is 0 Å². The molecule has 5 nitrogen and oxygen atoms in total. The minimum Gasteiger partial charge on any atom is -0.355 e. The van der Waals surface area contributed by atoms with Crippen LogP contribution in [0, 0.1) is 11.8 Å². The number of aromatic nitrogens is 1. The Labute approximate surface area is 177 Å². The number of rotatable bonds is 8. The van der Waals surface area contributed by atoms with E-state index in [2.05, 4.69) is 24.1 Å². The van der Waals surface area contributed by atoms with Gasteiger partial charge in [0.2, 0.25) is 5.91 Å². The molecule has 2 unspecified atom stereocenters. The van der Waals surface area contributed by atoms with Crippen LogP contribution in [0.15, 0.2) is 40.0 Å². The van der Waals surface area contributed by atoms with Gasteiger partial charge < -0.3 is 14.8 Å². The molecule has 29 heavy (non-hydrogen) atoms. The maximum absolute atomic E-state index is 12.4. The minimum absolute atomic E-state index is 0.0147. The number of piperidine rings is 1. The van der Waals surface area contributed by atoms with Crippen molar-refractivity contribution < 1.29 is 4.79 Å². The van der Waals surface area contributed by atoms with E-state index < -0.39 is 0 Å². The molecule has 3 rings (SSSR count). The van der Waals surface area contributed by atoms with Crippen molar-refractivity contribution in [3.05, 3.63) is 40.7 Å². The van der Waals surface area contributed by atoms with Gasteiger partial charge >= 0.3 is 0 Å². The van der Waals surface area contributed by atoms with Crippen molar-refractivity contribution >= 4 is 28.6 Å². The van der Waals surface area contributed by atoms with E-state index in [-0.39, 0.29) is 11.5 Å². The van der Waals surface area contributed by atoms with Crippen molar-refractivity contribution in [2.24, 2.45) is 11.8 Å². The highest BCUT2D eigenvalue weighted by atomic mass is 32.2. The summed E-state index contributed by atoms with van der Waals surface area (Å²) in [7, 11) is 0. The molecule has 0 radical (unpaired) electrons. The van der Waals surface area contributed by atoms with Crippen LogP contribution in [0.25, 0.3) is 10.9 Å². The van der Waals surface area contributed by atoms with E-state index >= 15 is 0 Å². The second kappa shape index (κ2) is 10.3. The van der Waals surface area contributed by atoms with Gasteiger partial charge in [0, 0.05) is 42.5 Å². The number of hydrogen-bond donors (Lipinski definition) is 1. The lowest BCUT2D eigenvalue weighted by Crippen LogP contribution is -2.40. The average molecular weight is 416 g/mol. The summed E-state index contributed by atoms with van der Waals surface area (Å²) in [5.41, 5.74) is 0.912. The standard InChI is InChI=1S/C23H33N3O2S/c1-4-26-20-9-6-5-8-19(20)21(13-23(26)28)29-16-22(27)24-10-7-11-25-14-17(2)12-18(3)15-25/h5-6,8-9,13,17-18H,4,7,10-12,14-16H2,1-3H3,(H,24,27). The molecule has 0 saturated carbocycles. The number of hydrogen-bond acceptors (Lipinski definition) is 4. The summed E-state index contributed by atoms with van der Waals surface area (Å²) in [5, 5.41) is 4.06. The van der Waals surface area contributed by atoms with E-state index in [1.54, 1.807) is 10.6 Å². The van der Waals surface area contributed by atoms with Crippen molar-refractivity contribution in [1.29, 1.82) is 0 Å². The Kier molecular flexibility index (Phi) is 7.78. The van der Waals surface area contributed by atoms with E-state index in [0.717, 1.165) is 40.6 Å². The number of benzene rings is 1.